The van der Waals surface area contributed by atoms with Crippen LogP contribution >= 0.6 is 0 Å². The Kier molecular flexibility index (Phi) is 6.11. The predicted octanol–water partition coefficient (Wildman–Crippen LogP) is 5.98. The number of benzene rings is 1. The maximum absolute atomic E-state index is 6.04. The van der Waals surface area contributed by atoms with Crippen LogP contribution in [0.2, 0.25) is 0 Å². The van der Waals surface area contributed by atoms with Crippen LogP contribution in [0.1, 0.15) is 77.5 Å². The molecule has 0 heterocycles. The Morgan fingerprint density at radius 2 is 1.92 bits per heavy atom. The number of rotatable bonds is 5. The van der Waals surface area contributed by atoms with E-state index >= 15 is 0 Å². The third-order valence-corrected chi connectivity index (χ3v) is 4.82. The summed E-state index contributed by atoms with van der Waals surface area (Å²) in [5.74, 6) is 2.40. The van der Waals surface area contributed by atoms with E-state index < -0.39 is 0 Å². The first kappa shape index (κ1) is 19.0. The van der Waals surface area contributed by atoms with Gasteiger partial charge in [-0.25, -0.2) is 0 Å². The molecular formula is C22H35NO. The van der Waals surface area contributed by atoms with Crippen LogP contribution in [0, 0.1) is 18.8 Å². The normalized spacial score (nSPS) is 19.7. The van der Waals surface area contributed by atoms with E-state index in [0.29, 0.717) is 11.8 Å². The van der Waals surface area contributed by atoms with Gasteiger partial charge in [0.25, 0.3) is 0 Å². The van der Waals surface area contributed by atoms with Crippen LogP contribution < -0.4 is 4.74 Å². The summed E-state index contributed by atoms with van der Waals surface area (Å²) in [7, 11) is 0. The second-order valence-electron chi connectivity index (χ2n) is 8.62. The molecule has 0 spiro atoms. The van der Waals surface area contributed by atoms with Crippen molar-refractivity contribution in [2.24, 2.45) is 16.8 Å². The molecule has 0 N–H and O–H groups in total. The summed E-state index contributed by atoms with van der Waals surface area (Å²) < 4.78 is 6.04. The van der Waals surface area contributed by atoms with E-state index in [2.05, 4.69) is 60.6 Å². The Morgan fingerprint density at radius 1 is 1.21 bits per heavy atom. The van der Waals surface area contributed by atoms with Gasteiger partial charge in [0.2, 0.25) is 0 Å². The number of hydrogen-bond acceptors (Lipinski definition) is 2. The standard InChI is InChI=1S/C22H35NO/c1-8-9-10-24-21-14-18-12-17(15(2)3)13-20(23-22(5,6)7)19(18)11-16(21)4/h11,14-15,17H,8-10,12-13H2,1-7H3. The zero-order valence-electron chi connectivity index (χ0n) is 16.7. The minimum atomic E-state index is -0.0321. The summed E-state index contributed by atoms with van der Waals surface area (Å²) in [5, 5.41) is 0. The topological polar surface area (TPSA) is 21.6 Å². The van der Waals surface area contributed by atoms with Gasteiger partial charge in [-0.3, -0.25) is 4.99 Å². The summed E-state index contributed by atoms with van der Waals surface area (Å²) in [6, 6.07) is 4.59. The maximum atomic E-state index is 6.04. The molecule has 0 aliphatic heterocycles. The largest absolute Gasteiger partial charge is 0.493 e. The van der Waals surface area contributed by atoms with Gasteiger partial charge in [-0.1, -0.05) is 27.2 Å². The number of unbranched alkanes of at least 4 members (excludes halogenated alkanes) is 1. The van der Waals surface area contributed by atoms with Crippen molar-refractivity contribution in [1.29, 1.82) is 0 Å². The van der Waals surface area contributed by atoms with E-state index in [4.69, 9.17) is 9.73 Å². The molecule has 2 nitrogen and oxygen atoms in total. The lowest BCUT2D eigenvalue weighted by Crippen LogP contribution is -2.27. The highest BCUT2D eigenvalue weighted by molar-refractivity contribution is 6.03. The van der Waals surface area contributed by atoms with Gasteiger partial charge < -0.3 is 4.74 Å². The summed E-state index contributed by atoms with van der Waals surface area (Å²) in [4.78, 5) is 5.06. The van der Waals surface area contributed by atoms with Crippen LogP contribution in [0.15, 0.2) is 17.1 Å². The van der Waals surface area contributed by atoms with Gasteiger partial charge >= 0.3 is 0 Å². The van der Waals surface area contributed by atoms with Crippen LogP contribution in [-0.2, 0) is 6.42 Å². The van der Waals surface area contributed by atoms with Crippen LogP contribution in [0.3, 0.4) is 0 Å². The van der Waals surface area contributed by atoms with Crippen LogP contribution in [0.25, 0.3) is 0 Å². The zero-order chi connectivity index (χ0) is 17.9. The minimum absolute atomic E-state index is 0.0321. The molecule has 134 valence electrons. The summed E-state index contributed by atoms with van der Waals surface area (Å²) >= 11 is 0. The van der Waals surface area contributed by atoms with Crippen molar-refractivity contribution in [3.8, 4) is 5.75 Å². The van der Waals surface area contributed by atoms with Crippen molar-refractivity contribution < 1.29 is 4.74 Å². The quantitative estimate of drug-likeness (QED) is 0.609. The van der Waals surface area contributed by atoms with E-state index in [1.807, 2.05) is 0 Å². The lowest BCUT2D eigenvalue weighted by atomic mass is 9.76. The molecule has 0 fully saturated rings. The van der Waals surface area contributed by atoms with Gasteiger partial charge in [-0.15, -0.1) is 0 Å². The Bertz CT molecular complexity index is 593. The molecule has 1 atom stereocenters. The number of hydrogen-bond donors (Lipinski definition) is 0. The number of aryl methyl sites for hydroxylation is 1. The third kappa shape index (κ3) is 4.84. The number of nitrogens with zero attached hydrogens (tertiary/aromatic N) is 1. The Labute approximate surface area is 148 Å². The van der Waals surface area contributed by atoms with E-state index in [0.717, 1.165) is 31.6 Å². The molecule has 2 heteroatoms. The molecule has 0 amide bonds. The van der Waals surface area contributed by atoms with E-state index in [1.165, 1.54) is 28.8 Å². The highest BCUT2D eigenvalue weighted by Crippen LogP contribution is 2.35. The maximum Gasteiger partial charge on any atom is 0.122 e. The van der Waals surface area contributed by atoms with Crippen molar-refractivity contribution >= 4 is 5.71 Å². The average Bonchev–Trinajstić information content (AvgIpc) is 2.46. The van der Waals surface area contributed by atoms with Crippen LogP contribution in [-0.4, -0.2) is 17.9 Å². The van der Waals surface area contributed by atoms with Crippen molar-refractivity contribution in [3.63, 3.8) is 0 Å². The van der Waals surface area contributed by atoms with Crippen LogP contribution in [0.5, 0.6) is 5.75 Å². The lowest BCUT2D eigenvalue weighted by Gasteiger charge is -2.31. The molecule has 0 radical (unpaired) electrons. The second-order valence-corrected chi connectivity index (χ2v) is 8.62. The molecule has 1 aliphatic carbocycles. The minimum Gasteiger partial charge on any atom is -0.493 e. The first-order valence-electron chi connectivity index (χ1n) is 9.56. The Hall–Kier alpha value is -1.31. The number of fused-ring (bicyclic) bond motifs is 1. The van der Waals surface area contributed by atoms with Gasteiger partial charge in [-0.05, 0) is 87.6 Å². The molecule has 0 bridgehead atoms. The summed E-state index contributed by atoms with van der Waals surface area (Å²) in [6.45, 7) is 16.4. The Balaban J connectivity index is 2.41. The molecule has 1 aliphatic rings. The van der Waals surface area contributed by atoms with Crippen molar-refractivity contribution in [2.75, 3.05) is 6.61 Å². The fourth-order valence-corrected chi connectivity index (χ4v) is 3.34. The fraction of sp³-hybridized carbons (Fsp3) is 0.682. The third-order valence-electron chi connectivity index (χ3n) is 4.82. The average molecular weight is 330 g/mol. The smallest absolute Gasteiger partial charge is 0.122 e. The van der Waals surface area contributed by atoms with Crippen molar-refractivity contribution in [1.82, 2.24) is 0 Å². The number of aliphatic imine (C=N–C) groups is 1. The molecule has 0 saturated carbocycles. The monoisotopic (exact) mass is 329 g/mol. The Morgan fingerprint density at radius 3 is 2.50 bits per heavy atom. The van der Waals surface area contributed by atoms with Gasteiger partial charge in [0.1, 0.15) is 5.75 Å². The highest BCUT2D eigenvalue weighted by atomic mass is 16.5. The first-order chi connectivity index (χ1) is 11.2. The van der Waals surface area contributed by atoms with E-state index in [-0.39, 0.29) is 5.54 Å². The SMILES string of the molecule is CCCCOc1cc2c(cc1C)C(=NC(C)(C)C)CC(C(C)C)C2. The molecule has 1 unspecified atom stereocenters. The second kappa shape index (κ2) is 7.72. The lowest BCUT2D eigenvalue weighted by molar-refractivity contribution is 0.306. The van der Waals surface area contributed by atoms with E-state index in [9.17, 15) is 0 Å². The molecule has 0 saturated heterocycles. The summed E-state index contributed by atoms with van der Waals surface area (Å²) in [5.41, 5.74) is 5.25. The highest BCUT2D eigenvalue weighted by Gasteiger charge is 2.28. The molecule has 2 rings (SSSR count). The van der Waals surface area contributed by atoms with E-state index in [1.54, 1.807) is 0 Å². The predicted molar refractivity (Wildman–Crippen MR) is 105 cm³/mol. The molecule has 24 heavy (non-hydrogen) atoms. The fourth-order valence-electron chi connectivity index (χ4n) is 3.34. The van der Waals surface area contributed by atoms with Gasteiger partial charge in [0.05, 0.1) is 12.1 Å². The first-order valence-corrected chi connectivity index (χ1v) is 9.56. The van der Waals surface area contributed by atoms with Crippen LogP contribution in [0.4, 0.5) is 0 Å². The van der Waals surface area contributed by atoms with Gasteiger partial charge in [0.15, 0.2) is 0 Å². The molecule has 1 aromatic carbocycles. The molecule has 1 aromatic rings. The van der Waals surface area contributed by atoms with Gasteiger partial charge in [-0.2, -0.15) is 0 Å². The summed E-state index contributed by atoms with van der Waals surface area (Å²) in [6.07, 6.45) is 4.52. The van der Waals surface area contributed by atoms with Crippen molar-refractivity contribution in [2.45, 2.75) is 79.7 Å². The molecular weight excluding hydrogens is 294 g/mol. The number of ether oxygens (including phenoxy) is 1. The van der Waals surface area contributed by atoms with Gasteiger partial charge in [0, 0.05) is 5.71 Å². The molecule has 0 aromatic heterocycles. The van der Waals surface area contributed by atoms with Crippen molar-refractivity contribution in [3.05, 3.63) is 28.8 Å². The zero-order valence-corrected chi connectivity index (χ0v) is 16.7.